The summed E-state index contributed by atoms with van der Waals surface area (Å²) in [5.74, 6) is -10.5. The number of hydrogen-bond donors (Lipinski definition) is 14. The molecule has 1 aromatic heterocycles. The lowest BCUT2D eigenvalue weighted by atomic mass is 9.96. The molecule has 0 radical (unpaired) electrons. The molecule has 0 bridgehead atoms. The van der Waals surface area contributed by atoms with Crippen LogP contribution in [0.25, 0.3) is 0 Å². The van der Waals surface area contributed by atoms with Gasteiger partial charge in [0.05, 0.1) is 25.3 Å². The lowest BCUT2D eigenvalue weighted by Gasteiger charge is -2.32. The second-order valence-electron chi connectivity index (χ2n) is 19.6. The number of aliphatic carboxylic acids is 2. The third-order valence-electron chi connectivity index (χ3n) is 13.1. The van der Waals surface area contributed by atoms with E-state index in [0.29, 0.717) is 29.7 Å². The SMILES string of the molecule is CCC(C)C(NC(=O)C(Cc1ccc(O)cc1)NC(=O)C(NC(=O)CNC(=O)C(CCCN=C(N)N)NC(=O)C(N)CC(=O)O)C(C)C)C(=O)NC(Cc1cnc[nH]1)C(=O)N1CCCC1C(=O)NC(Cc1ccccc1)C(=O)O. The van der Waals surface area contributed by atoms with Crippen LogP contribution in [0, 0.1) is 11.8 Å². The fraction of sp³-hybridized carbons (Fsp3) is 0.500. The zero-order valence-electron chi connectivity index (χ0n) is 44.6. The number of aromatic hydroxyl groups is 1. The van der Waals surface area contributed by atoms with Crippen LogP contribution in [-0.4, -0.2) is 163 Å². The highest BCUT2D eigenvalue weighted by atomic mass is 16.4. The smallest absolute Gasteiger partial charge is 0.326 e. The van der Waals surface area contributed by atoms with E-state index < -0.39 is 132 Å². The summed E-state index contributed by atoms with van der Waals surface area (Å²) < 4.78 is 0. The van der Waals surface area contributed by atoms with Gasteiger partial charge in [0.1, 0.15) is 48.0 Å². The normalized spacial score (nSPS) is 16.0. The summed E-state index contributed by atoms with van der Waals surface area (Å²) in [6.45, 7) is 6.18. The third kappa shape index (κ3) is 20.4. The summed E-state index contributed by atoms with van der Waals surface area (Å²) in [6.07, 6.45) is 2.91. The molecule has 1 aliphatic heterocycles. The molecule has 17 N–H and O–H groups in total. The van der Waals surface area contributed by atoms with Crippen molar-refractivity contribution in [3.63, 3.8) is 0 Å². The first-order chi connectivity index (χ1) is 37.5. The number of phenols is 1. The van der Waals surface area contributed by atoms with Crippen LogP contribution in [0.5, 0.6) is 5.75 Å². The van der Waals surface area contributed by atoms with Gasteiger partial charge in [0.2, 0.25) is 47.3 Å². The van der Waals surface area contributed by atoms with Gasteiger partial charge in [0.15, 0.2) is 5.96 Å². The fourth-order valence-electron chi connectivity index (χ4n) is 8.58. The molecular weight excluding hydrogens is 1030 g/mol. The summed E-state index contributed by atoms with van der Waals surface area (Å²) in [7, 11) is 0. The number of imidazole rings is 1. The van der Waals surface area contributed by atoms with Crippen LogP contribution >= 0.6 is 0 Å². The molecule has 1 saturated heterocycles. The van der Waals surface area contributed by atoms with Crippen LogP contribution < -0.4 is 54.4 Å². The predicted molar refractivity (Wildman–Crippen MR) is 286 cm³/mol. The highest BCUT2D eigenvalue weighted by Crippen LogP contribution is 2.21. The number of H-pyrrole nitrogens is 1. The molecule has 27 nitrogen and oxygen atoms in total. The molecule has 1 aliphatic rings. The zero-order chi connectivity index (χ0) is 58.3. The molecule has 8 amide bonds. The number of carboxylic acids is 2. The highest BCUT2D eigenvalue weighted by molar-refractivity contribution is 5.98. The van der Waals surface area contributed by atoms with Crippen molar-refractivity contribution in [1.29, 1.82) is 0 Å². The number of rotatable bonds is 31. The van der Waals surface area contributed by atoms with Gasteiger partial charge in [0, 0.05) is 44.2 Å². The number of carboxylic acid groups (broad SMARTS) is 2. The predicted octanol–water partition coefficient (Wildman–Crippen LogP) is -2.20. The lowest BCUT2D eigenvalue weighted by molar-refractivity contribution is -0.145. The summed E-state index contributed by atoms with van der Waals surface area (Å²) in [5, 5.41) is 47.2. The number of benzene rings is 2. The standard InChI is InChI=1S/C52H74N14O13/c1-5-29(4)43(49(76)62-37(23-32-25-56-27-59-32)50(77)66-20-10-14-39(66)47(74)63-38(51(78)79)22-30-11-7-6-8-12-30)65-46(73)36(21-31-15-17-33(67)18-16-31)61-48(75)42(28(2)3)64-40(68)26-58-45(72)35(13-9-19-57-52(54)55)60-44(71)34(53)24-41(69)70/h6-8,11-12,15-18,25,27-29,34-39,42-43,67H,5,9-10,13-14,19-24,26,53H2,1-4H3,(H,56,59)(H,58,72)(H,60,71)(H,61,75)(H,62,76)(H,63,74)(H,64,68)(H,65,73)(H,69,70)(H,78,79)(H4,54,55,57). The van der Waals surface area contributed by atoms with E-state index in [0.717, 1.165) is 0 Å². The van der Waals surface area contributed by atoms with Crippen molar-refractivity contribution in [1.82, 2.24) is 52.1 Å². The van der Waals surface area contributed by atoms with Crippen LogP contribution in [0.3, 0.4) is 0 Å². The molecule has 9 atom stereocenters. The minimum Gasteiger partial charge on any atom is -0.508 e. The largest absolute Gasteiger partial charge is 0.508 e. The number of nitrogens with zero attached hydrogens (tertiary/aromatic N) is 3. The quantitative estimate of drug-likeness (QED) is 0.0185. The zero-order valence-corrected chi connectivity index (χ0v) is 44.6. The van der Waals surface area contributed by atoms with Crippen molar-refractivity contribution in [2.45, 2.75) is 134 Å². The van der Waals surface area contributed by atoms with Gasteiger partial charge in [0.25, 0.3) is 0 Å². The maximum atomic E-state index is 14.6. The Morgan fingerprint density at radius 1 is 0.747 bits per heavy atom. The van der Waals surface area contributed by atoms with Crippen molar-refractivity contribution in [2.24, 2.45) is 34.0 Å². The molecule has 2 aromatic carbocycles. The molecule has 4 rings (SSSR count). The molecule has 0 saturated carbocycles. The Kier molecular flexibility index (Phi) is 24.6. The van der Waals surface area contributed by atoms with Gasteiger partial charge in [-0.15, -0.1) is 0 Å². The van der Waals surface area contributed by atoms with E-state index in [-0.39, 0.29) is 63.3 Å². The van der Waals surface area contributed by atoms with E-state index in [1.54, 1.807) is 58.0 Å². The first-order valence-electron chi connectivity index (χ1n) is 25.9. The summed E-state index contributed by atoms with van der Waals surface area (Å²) in [4.78, 5) is 147. The number of guanidine groups is 1. The van der Waals surface area contributed by atoms with E-state index in [4.69, 9.17) is 22.3 Å². The van der Waals surface area contributed by atoms with E-state index in [1.165, 1.54) is 41.7 Å². The second-order valence-corrected chi connectivity index (χ2v) is 19.6. The molecule has 2 heterocycles. The Hall–Kier alpha value is -8.62. The van der Waals surface area contributed by atoms with Crippen LogP contribution in [0.15, 0.2) is 72.1 Å². The first kappa shape index (κ1) is 62.9. The van der Waals surface area contributed by atoms with Gasteiger partial charge < -0.3 is 79.6 Å². The monoisotopic (exact) mass is 1100 g/mol. The van der Waals surface area contributed by atoms with E-state index in [1.807, 2.05) is 0 Å². The molecule has 27 heteroatoms. The molecule has 430 valence electrons. The van der Waals surface area contributed by atoms with Crippen molar-refractivity contribution < 1.29 is 63.3 Å². The number of aliphatic imine (C=N–C) groups is 1. The van der Waals surface area contributed by atoms with Crippen molar-refractivity contribution in [2.75, 3.05) is 19.6 Å². The van der Waals surface area contributed by atoms with Crippen LogP contribution in [0.1, 0.15) is 83.0 Å². The molecule has 79 heavy (non-hydrogen) atoms. The Bertz CT molecular complexity index is 2600. The molecule has 9 unspecified atom stereocenters. The number of carbonyl (C=O) groups is 10. The topological polar surface area (TPSA) is 438 Å². The minimum absolute atomic E-state index is 0.00650. The van der Waals surface area contributed by atoms with Gasteiger partial charge in [-0.25, -0.2) is 9.78 Å². The van der Waals surface area contributed by atoms with Gasteiger partial charge in [-0.2, -0.15) is 0 Å². The van der Waals surface area contributed by atoms with Gasteiger partial charge >= 0.3 is 11.9 Å². The van der Waals surface area contributed by atoms with E-state index in [9.17, 15) is 58.2 Å². The minimum atomic E-state index is -1.50. The summed E-state index contributed by atoms with van der Waals surface area (Å²) in [5.41, 5.74) is 18.0. The molecular formula is C52H74N14O13. The molecule has 0 spiro atoms. The number of nitrogens with one attached hydrogen (secondary N) is 8. The third-order valence-corrected chi connectivity index (χ3v) is 13.1. The number of nitrogens with two attached hydrogens (primary N) is 3. The van der Waals surface area contributed by atoms with Crippen LogP contribution in [0.2, 0.25) is 0 Å². The van der Waals surface area contributed by atoms with Gasteiger partial charge in [-0.3, -0.25) is 48.1 Å². The average molecular weight is 1100 g/mol. The number of likely N-dealkylation sites (tertiary alicyclic amines) is 1. The number of phenolic OH excluding ortho intramolecular Hbond substituents is 1. The number of hydrogen-bond acceptors (Lipinski definition) is 14. The van der Waals surface area contributed by atoms with Crippen molar-refractivity contribution in [3.05, 3.63) is 83.9 Å². The van der Waals surface area contributed by atoms with Crippen LogP contribution in [0.4, 0.5) is 0 Å². The Labute approximate surface area is 456 Å². The maximum absolute atomic E-state index is 14.6. The Morgan fingerprint density at radius 3 is 1.99 bits per heavy atom. The second kappa shape index (κ2) is 31.0. The van der Waals surface area contributed by atoms with E-state index in [2.05, 4.69) is 52.2 Å². The highest BCUT2D eigenvalue weighted by Gasteiger charge is 2.41. The van der Waals surface area contributed by atoms with Crippen LogP contribution in [-0.2, 0) is 67.2 Å². The Balaban J connectivity index is 1.53. The molecule has 3 aromatic rings. The number of amides is 8. The van der Waals surface area contributed by atoms with Crippen molar-refractivity contribution >= 4 is 65.2 Å². The number of aromatic nitrogens is 2. The summed E-state index contributed by atoms with van der Waals surface area (Å²) >= 11 is 0. The summed E-state index contributed by atoms with van der Waals surface area (Å²) in [6, 6.07) is 3.97. The number of aromatic amines is 1. The molecule has 1 fully saturated rings. The van der Waals surface area contributed by atoms with E-state index >= 15 is 0 Å². The Morgan fingerprint density at radius 2 is 1.38 bits per heavy atom. The number of carbonyl (C=O) groups excluding carboxylic acids is 8. The maximum Gasteiger partial charge on any atom is 0.326 e. The fourth-order valence-corrected chi connectivity index (χ4v) is 8.58. The molecule has 0 aliphatic carbocycles. The average Bonchev–Trinajstić information content (AvgIpc) is 4.14. The van der Waals surface area contributed by atoms with Crippen molar-refractivity contribution in [3.8, 4) is 5.75 Å². The van der Waals surface area contributed by atoms with Gasteiger partial charge in [-0.1, -0.05) is 76.6 Å². The first-order valence-corrected chi connectivity index (χ1v) is 25.9. The van der Waals surface area contributed by atoms with Gasteiger partial charge in [-0.05, 0) is 60.8 Å². The lowest BCUT2D eigenvalue weighted by Crippen LogP contribution is -2.61.